The Morgan fingerprint density at radius 1 is 1.28 bits per heavy atom. The molecule has 0 amide bonds. The maximum atomic E-state index is 12.8. The summed E-state index contributed by atoms with van der Waals surface area (Å²) in [6.45, 7) is 6.02. The summed E-state index contributed by atoms with van der Waals surface area (Å²) in [6.07, 6.45) is 7.16. The van der Waals surface area contributed by atoms with E-state index in [1.807, 2.05) is 30.3 Å². The van der Waals surface area contributed by atoms with Crippen LogP contribution in [0.5, 0.6) is 0 Å². The van der Waals surface area contributed by atoms with Gasteiger partial charge in [0.1, 0.15) is 6.10 Å². The maximum absolute atomic E-state index is 12.8. The molecule has 1 aromatic carbocycles. The van der Waals surface area contributed by atoms with Crippen LogP contribution in [0.2, 0.25) is 0 Å². The number of aromatic nitrogens is 1. The lowest BCUT2D eigenvalue weighted by molar-refractivity contribution is -0.0578. The molecule has 5 heteroatoms. The highest BCUT2D eigenvalue weighted by molar-refractivity contribution is 5.87. The minimum Gasteiger partial charge on any atom is -0.457 e. The van der Waals surface area contributed by atoms with Crippen molar-refractivity contribution >= 4 is 16.9 Å². The Hall–Kier alpha value is -2.92. The number of carbonyl (C=O) groups is 1. The van der Waals surface area contributed by atoms with Crippen molar-refractivity contribution in [2.75, 3.05) is 13.1 Å². The molecular weight excluding hydrogens is 364 g/mol. The van der Waals surface area contributed by atoms with E-state index >= 15 is 0 Å². The molecule has 0 radical (unpaired) electrons. The Balaban J connectivity index is 1.55. The van der Waals surface area contributed by atoms with Crippen molar-refractivity contribution in [3.8, 4) is 0 Å². The molecule has 5 atom stereocenters. The van der Waals surface area contributed by atoms with Gasteiger partial charge in [-0.1, -0.05) is 24.3 Å². The zero-order valence-corrected chi connectivity index (χ0v) is 16.2. The number of esters is 1. The van der Waals surface area contributed by atoms with Crippen LogP contribution >= 0.6 is 0 Å². The molecule has 3 aliphatic heterocycles. The van der Waals surface area contributed by atoms with Gasteiger partial charge in [-0.05, 0) is 55.5 Å². The molecule has 148 valence electrons. The molecule has 2 aromatic heterocycles. The van der Waals surface area contributed by atoms with Crippen molar-refractivity contribution < 1.29 is 13.9 Å². The van der Waals surface area contributed by atoms with Crippen molar-refractivity contribution in [3.63, 3.8) is 0 Å². The second-order valence-electron chi connectivity index (χ2n) is 7.97. The first kappa shape index (κ1) is 18.1. The van der Waals surface area contributed by atoms with E-state index in [-0.39, 0.29) is 17.9 Å². The predicted octanol–water partition coefficient (Wildman–Crippen LogP) is 4.62. The SMILES string of the molecule is C=C[C@@H]1CN2CC[C@H]1C[C@@H]2[C@@H](OC(=O)c1ccco1)c1ccnc2ccccc12. The number of ether oxygens (including phenoxy) is 1. The molecule has 2 bridgehead atoms. The molecule has 3 aliphatic rings. The Labute approximate surface area is 170 Å². The van der Waals surface area contributed by atoms with Crippen molar-refractivity contribution in [1.82, 2.24) is 9.88 Å². The van der Waals surface area contributed by atoms with Crippen LogP contribution in [-0.2, 0) is 4.74 Å². The molecule has 3 fully saturated rings. The van der Waals surface area contributed by atoms with Crippen LogP contribution < -0.4 is 0 Å². The van der Waals surface area contributed by atoms with Gasteiger partial charge in [0.05, 0.1) is 17.8 Å². The smallest absolute Gasteiger partial charge is 0.374 e. The van der Waals surface area contributed by atoms with Crippen molar-refractivity contribution in [1.29, 1.82) is 0 Å². The quantitative estimate of drug-likeness (QED) is 0.471. The first-order valence-corrected chi connectivity index (χ1v) is 10.2. The fourth-order valence-corrected chi connectivity index (χ4v) is 4.98. The van der Waals surface area contributed by atoms with Gasteiger partial charge >= 0.3 is 5.97 Å². The van der Waals surface area contributed by atoms with Crippen LogP contribution in [0, 0.1) is 11.8 Å². The van der Waals surface area contributed by atoms with Crippen molar-refractivity contribution in [2.24, 2.45) is 11.8 Å². The molecule has 3 aromatic rings. The normalized spacial score (nSPS) is 26.9. The van der Waals surface area contributed by atoms with E-state index in [0.717, 1.165) is 36.0 Å². The first-order chi connectivity index (χ1) is 14.2. The molecule has 6 rings (SSSR count). The number of fused-ring (bicyclic) bond motifs is 4. The van der Waals surface area contributed by atoms with Gasteiger partial charge in [0.15, 0.2) is 0 Å². The summed E-state index contributed by atoms with van der Waals surface area (Å²) in [6, 6.07) is 13.5. The highest BCUT2D eigenvalue weighted by Crippen LogP contribution is 2.43. The van der Waals surface area contributed by atoms with Crippen LogP contribution in [0.15, 0.2) is 72.0 Å². The molecule has 0 spiro atoms. The van der Waals surface area contributed by atoms with Gasteiger partial charge < -0.3 is 9.15 Å². The van der Waals surface area contributed by atoms with E-state index in [1.165, 1.54) is 12.7 Å². The minimum absolute atomic E-state index is 0.134. The molecule has 0 aliphatic carbocycles. The van der Waals surface area contributed by atoms with E-state index in [9.17, 15) is 4.79 Å². The van der Waals surface area contributed by atoms with Crippen LogP contribution in [0.25, 0.3) is 10.9 Å². The lowest BCUT2D eigenvalue weighted by atomic mass is 9.73. The number of furan rings is 1. The largest absolute Gasteiger partial charge is 0.457 e. The molecule has 1 unspecified atom stereocenters. The van der Waals surface area contributed by atoms with E-state index in [4.69, 9.17) is 9.15 Å². The summed E-state index contributed by atoms with van der Waals surface area (Å²) in [5, 5.41) is 1.02. The summed E-state index contributed by atoms with van der Waals surface area (Å²) in [5.74, 6) is 0.896. The van der Waals surface area contributed by atoms with Crippen LogP contribution in [-0.4, -0.2) is 35.0 Å². The average molecular weight is 388 g/mol. The van der Waals surface area contributed by atoms with E-state index in [0.29, 0.717) is 11.8 Å². The number of benzene rings is 1. The lowest BCUT2D eigenvalue weighted by Gasteiger charge is -2.51. The number of pyridine rings is 1. The fraction of sp³-hybridized carbons (Fsp3) is 0.333. The Bertz CT molecular complexity index is 1020. The van der Waals surface area contributed by atoms with Crippen molar-refractivity contribution in [2.45, 2.75) is 25.0 Å². The van der Waals surface area contributed by atoms with Crippen LogP contribution in [0.3, 0.4) is 0 Å². The van der Waals surface area contributed by atoms with Crippen LogP contribution in [0.4, 0.5) is 0 Å². The fourth-order valence-electron chi connectivity index (χ4n) is 4.98. The second-order valence-corrected chi connectivity index (χ2v) is 7.97. The number of nitrogens with zero attached hydrogens (tertiary/aromatic N) is 2. The monoisotopic (exact) mass is 388 g/mol. The van der Waals surface area contributed by atoms with Gasteiger partial charge in [0.2, 0.25) is 5.76 Å². The number of para-hydroxylation sites is 1. The van der Waals surface area contributed by atoms with Gasteiger partial charge in [0, 0.05) is 23.7 Å². The minimum atomic E-state index is -0.427. The third-order valence-electron chi connectivity index (χ3n) is 6.45. The second kappa shape index (κ2) is 7.48. The highest BCUT2D eigenvalue weighted by atomic mass is 16.6. The number of hydrogen-bond acceptors (Lipinski definition) is 5. The van der Waals surface area contributed by atoms with Gasteiger partial charge in [0.25, 0.3) is 0 Å². The summed E-state index contributed by atoms with van der Waals surface area (Å²) < 4.78 is 11.4. The number of piperidine rings is 3. The molecule has 3 saturated heterocycles. The van der Waals surface area contributed by atoms with Gasteiger partial charge in [-0.25, -0.2) is 4.79 Å². The Morgan fingerprint density at radius 2 is 2.17 bits per heavy atom. The first-order valence-electron chi connectivity index (χ1n) is 10.2. The Kier molecular flexibility index (Phi) is 4.68. The lowest BCUT2D eigenvalue weighted by Crippen LogP contribution is -2.55. The topological polar surface area (TPSA) is 55.6 Å². The van der Waals surface area contributed by atoms with Crippen molar-refractivity contribution in [3.05, 3.63) is 78.9 Å². The molecule has 0 saturated carbocycles. The molecule has 29 heavy (non-hydrogen) atoms. The molecule has 5 nitrogen and oxygen atoms in total. The summed E-state index contributed by atoms with van der Waals surface area (Å²) >= 11 is 0. The zero-order valence-electron chi connectivity index (χ0n) is 16.2. The number of carbonyl (C=O) groups excluding carboxylic acids is 1. The highest BCUT2D eigenvalue weighted by Gasteiger charge is 2.44. The van der Waals surface area contributed by atoms with Crippen LogP contribution in [0.1, 0.15) is 35.1 Å². The number of rotatable bonds is 5. The maximum Gasteiger partial charge on any atom is 0.374 e. The summed E-state index contributed by atoms with van der Waals surface area (Å²) in [4.78, 5) is 19.8. The van der Waals surface area contributed by atoms with Gasteiger partial charge in [-0.15, -0.1) is 6.58 Å². The average Bonchev–Trinajstić information content (AvgIpc) is 3.32. The van der Waals surface area contributed by atoms with E-state index in [2.05, 4.69) is 22.5 Å². The van der Waals surface area contributed by atoms with E-state index in [1.54, 1.807) is 18.3 Å². The predicted molar refractivity (Wildman–Crippen MR) is 110 cm³/mol. The van der Waals surface area contributed by atoms with Gasteiger partial charge in [-0.3, -0.25) is 9.88 Å². The zero-order chi connectivity index (χ0) is 19.8. The molecular formula is C24H24N2O3. The standard InChI is InChI=1S/C24H24N2O3/c1-2-16-15-26-12-10-17(16)14-21(26)23(29-24(27)22-8-5-13-28-22)19-9-11-25-20-7-4-3-6-18(19)20/h2-9,11,13,16-17,21,23H,1,10,12,14-15H2/t16-,17+,21-,23+/m1/s1. The third-order valence-corrected chi connectivity index (χ3v) is 6.45. The Morgan fingerprint density at radius 3 is 2.93 bits per heavy atom. The van der Waals surface area contributed by atoms with E-state index < -0.39 is 5.97 Å². The third kappa shape index (κ3) is 3.25. The van der Waals surface area contributed by atoms with Gasteiger partial charge in [-0.2, -0.15) is 0 Å². The number of hydrogen-bond donors (Lipinski definition) is 0. The summed E-state index contributed by atoms with van der Waals surface area (Å²) in [5.41, 5.74) is 1.91. The summed E-state index contributed by atoms with van der Waals surface area (Å²) in [7, 11) is 0. The molecule has 0 N–H and O–H groups in total. The molecule has 5 heterocycles.